The maximum Gasteiger partial charge on any atom is 0.243 e. The van der Waals surface area contributed by atoms with E-state index in [0.717, 1.165) is 0 Å². The van der Waals surface area contributed by atoms with E-state index in [0.29, 0.717) is 55.3 Å². The van der Waals surface area contributed by atoms with E-state index in [1.165, 1.54) is 42.6 Å². The smallest absolute Gasteiger partial charge is 0.243 e. The van der Waals surface area contributed by atoms with Gasteiger partial charge in [0.1, 0.15) is 12.7 Å². The van der Waals surface area contributed by atoms with Gasteiger partial charge < -0.3 is 14.6 Å². The number of rotatable bonds is 9. The van der Waals surface area contributed by atoms with Gasteiger partial charge in [-0.25, -0.2) is 8.42 Å². The number of piperazine rings is 1. The molecular formula is C23H27N3O6S. The van der Waals surface area contributed by atoms with Gasteiger partial charge in [-0.15, -0.1) is 0 Å². The van der Waals surface area contributed by atoms with E-state index in [9.17, 15) is 18.3 Å². The van der Waals surface area contributed by atoms with Gasteiger partial charge in [0.25, 0.3) is 0 Å². The lowest BCUT2D eigenvalue weighted by Crippen LogP contribution is -2.50. The number of sulfonamides is 1. The van der Waals surface area contributed by atoms with Crippen LogP contribution in [0.1, 0.15) is 22.8 Å². The van der Waals surface area contributed by atoms with E-state index in [2.05, 4.69) is 0 Å². The lowest BCUT2D eigenvalue weighted by Gasteiger charge is -2.34. The number of carbonyl (C=O) groups excluding carboxylic acids is 1. The molecule has 2 aromatic rings. The summed E-state index contributed by atoms with van der Waals surface area (Å²) < 4.78 is 38.0. The second-order valence-electron chi connectivity index (χ2n) is 7.73. The van der Waals surface area contributed by atoms with Crippen LogP contribution in [0.5, 0.6) is 11.5 Å². The molecule has 9 nitrogen and oxygen atoms in total. The van der Waals surface area contributed by atoms with Crippen LogP contribution in [0.3, 0.4) is 0 Å². The van der Waals surface area contributed by atoms with Gasteiger partial charge in [0, 0.05) is 38.3 Å². The molecule has 3 rings (SSSR count). The van der Waals surface area contributed by atoms with Crippen molar-refractivity contribution in [2.75, 3.05) is 46.4 Å². The Morgan fingerprint density at radius 3 is 2.36 bits per heavy atom. The standard InChI is InChI=1S/C23H27N3O6S/c1-17(27)19-5-8-22(23(13-19)31-2)32-16-20(28)15-25-9-11-26(12-10-25)33(29,30)21-6-3-18(14-24)4-7-21/h3-8,13,20,28H,9-12,15-16H2,1-2H3. The van der Waals surface area contributed by atoms with Crippen molar-refractivity contribution in [2.45, 2.75) is 17.9 Å². The Hall–Kier alpha value is -2.97. The van der Waals surface area contributed by atoms with Gasteiger partial charge >= 0.3 is 0 Å². The van der Waals surface area contributed by atoms with Crippen LogP contribution in [0.15, 0.2) is 47.4 Å². The predicted molar refractivity (Wildman–Crippen MR) is 121 cm³/mol. The number of Topliss-reactive ketones (excluding diaryl/α,β-unsaturated/α-hetero) is 1. The number of carbonyl (C=O) groups is 1. The Bertz CT molecular complexity index is 1120. The van der Waals surface area contributed by atoms with Crippen LogP contribution in [-0.4, -0.2) is 81.1 Å². The quantitative estimate of drug-likeness (QED) is 0.544. The van der Waals surface area contributed by atoms with Crippen molar-refractivity contribution < 1.29 is 27.8 Å². The minimum absolute atomic E-state index is 0.0273. The molecule has 0 aliphatic carbocycles. The van der Waals surface area contributed by atoms with Gasteiger partial charge in [0.05, 0.1) is 23.6 Å². The molecule has 33 heavy (non-hydrogen) atoms. The lowest BCUT2D eigenvalue weighted by atomic mass is 10.1. The van der Waals surface area contributed by atoms with Crippen molar-refractivity contribution in [3.63, 3.8) is 0 Å². The zero-order valence-corrected chi connectivity index (χ0v) is 19.4. The summed E-state index contributed by atoms with van der Waals surface area (Å²) in [6, 6.07) is 12.7. The molecular weight excluding hydrogens is 446 g/mol. The van der Waals surface area contributed by atoms with Crippen molar-refractivity contribution in [1.29, 1.82) is 5.26 Å². The number of nitrogens with zero attached hydrogens (tertiary/aromatic N) is 3. The third-order valence-corrected chi connectivity index (χ3v) is 7.34. The van der Waals surface area contributed by atoms with Crippen molar-refractivity contribution in [2.24, 2.45) is 0 Å². The summed E-state index contributed by atoms with van der Waals surface area (Å²) in [6.07, 6.45) is -0.788. The fourth-order valence-electron chi connectivity index (χ4n) is 3.55. The second-order valence-corrected chi connectivity index (χ2v) is 9.67. The summed E-state index contributed by atoms with van der Waals surface area (Å²) >= 11 is 0. The topological polar surface area (TPSA) is 120 Å². The Morgan fingerprint density at radius 2 is 1.79 bits per heavy atom. The Kier molecular flexibility index (Phi) is 8.05. The van der Waals surface area contributed by atoms with Crippen LogP contribution in [0.25, 0.3) is 0 Å². The monoisotopic (exact) mass is 473 g/mol. The van der Waals surface area contributed by atoms with Crippen LogP contribution in [-0.2, 0) is 10.0 Å². The number of nitriles is 1. The molecule has 0 spiro atoms. The van der Waals surface area contributed by atoms with E-state index < -0.39 is 16.1 Å². The van der Waals surface area contributed by atoms with Gasteiger partial charge in [-0.1, -0.05) is 0 Å². The number of hydrogen-bond donors (Lipinski definition) is 1. The van der Waals surface area contributed by atoms with Crippen molar-refractivity contribution >= 4 is 15.8 Å². The molecule has 0 amide bonds. The Balaban J connectivity index is 1.50. The van der Waals surface area contributed by atoms with Crippen molar-refractivity contribution in [3.8, 4) is 17.6 Å². The number of ether oxygens (including phenoxy) is 2. The molecule has 10 heteroatoms. The molecule has 1 N–H and O–H groups in total. The number of aliphatic hydroxyl groups excluding tert-OH is 1. The van der Waals surface area contributed by atoms with Gasteiger partial charge in [0.2, 0.25) is 10.0 Å². The summed E-state index contributed by atoms with van der Waals surface area (Å²) in [5, 5.41) is 19.3. The minimum atomic E-state index is -3.63. The predicted octanol–water partition coefficient (Wildman–Crippen LogP) is 1.52. The highest BCUT2D eigenvalue weighted by atomic mass is 32.2. The number of methoxy groups -OCH3 is 1. The molecule has 1 unspecified atom stereocenters. The maximum absolute atomic E-state index is 12.8. The average molecular weight is 474 g/mol. The third-order valence-electron chi connectivity index (χ3n) is 5.42. The molecule has 0 saturated carbocycles. The first-order valence-electron chi connectivity index (χ1n) is 10.5. The number of hydrogen-bond acceptors (Lipinski definition) is 8. The number of aliphatic hydroxyl groups is 1. The highest BCUT2D eigenvalue weighted by Crippen LogP contribution is 2.28. The third kappa shape index (κ3) is 6.09. The van der Waals surface area contributed by atoms with Crippen LogP contribution < -0.4 is 9.47 Å². The fourth-order valence-corrected chi connectivity index (χ4v) is 4.97. The summed E-state index contributed by atoms with van der Waals surface area (Å²) in [6.45, 7) is 3.38. The summed E-state index contributed by atoms with van der Waals surface area (Å²) in [5.74, 6) is 0.761. The molecule has 2 aromatic carbocycles. The van der Waals surface area contributed by atoms with Crippen LogP contribution in [0.4, 0.5) is 0 Å². The van der Waals surface area contributed by atoms with Crippen LogP contribution >= 0.6 is 0 Å². The molecule has 1 heterocycles. The van der Waals surface area contributed by atoms with Gasteiger partial charge in [-0.2, -0.15) is 9.57 Å². The van der Waals surface area contributed by atoms with Crippen molar-refractivity contribution in [1.82, 2.24) is 9.21 Å². The zero-order chi connectivity index (χ0) is 24.0. The second kappa shape index (κ2) is 10.8. The van der Waals surface area contributed by atoms with Crippen LogP contribution in [0.2, 0.25) is 0 Å². The van der Waals surface area contributed by atoms with Crippen LogP contribution in [0, 0.1) is 11.3 Å². The normalized spacial score (nSPS) is 16.1. The first kappa shape index (κ1) is 24.7. The molecule has 0 aromatic heterocycles. The van der Waals surface area contributed by atoms with E-state index in [1.54, 1.807) is 18.2 Å². The minimum Gasteiger partial charge on any atom is -0.493 e. The fraction of sp³-hybridized carbons (Fsp3) is 0.391. The summed E-state index contributed by atoms with van der Waals surface area (Å²) in [5.41, 5.74) is 0.913. The molecule has 1 saturated heterocycles. The Morgan fingerprint density at radius 1 is 1.12 bits per heavy atom. The van der Waals surface area contributed by atoms with Gasteiger partial charge in [-0.05, 0) is 49.4 Å². The van der Waals surface area contributed by atoms with Gasteiger partial charge in [-0.3, -0.25) is 9.69 Å². The average Bonchev–Trinajstić information content (AvgIpc) is 2.82. The molecule has 1 aliphatic heterocycles. The van der Waals surface area contributed by atoms with E-state index in [1.807, 2.05) is 11.0 Å². The molecule has 0 bridgehead atoms. The maximum atomic E-state index is 12.8. The Labute approximate surface area is 193 Å². The molecule has 1 atom stereocenters. The largest absolute Gasteiger partial charge is 0.493 e. The summed E-state index contributed by atoms with van der Waals surface area (Å²) in [7, 11) is -2.15. The molecule has 1 fully saturated rings. The van der Waals surface area contributed by atoms with Crippen molar-refractivity contribution in [3.05, 3.63) is 53.6 Å². The number of ketones is 1. The summed E-state index contributed by atoms with van der Waals surface area (Å²) in [4.78, 5) is 13.7. The molecule has 176 valence electrons. The first-order valence-corrected chi connectivity index (χ1v) is 11.9. The first-order chi connectivity index (χ1) is 15.7. The number of benzene rings is 2. The SMILES string of the molecule is COc1cc(C(C)=O)ccc1OCC(O)CN1CCN(S(=O)(=O)c2ccc(C#N)cc2)CC1. The highest BCUT2D eigenvalue weighted by molar-refractivity contribution is 7.89. The highest BCUT2D eigenvalue weighted by Gasteiger charge is 2.29. The van der Waals surface area contributed by atoms with E-state index in [-0.39, 0.29) is 17.3 Å². The van der Waals surface area contributed by atoms with Gasteiger partial charge in [0.15, 0.2) is 17.3 Å². The van der Waals surface area contributed by atoms with E-state index in [4.69, 9.17) is 14.7 Å². The molecule has 1 aliphatic rings. The van der Waals surface area contributed by atoms with E-state index >= 15 is 0 Å². The lowest BCUT2D eigenvalue weighted by molar-refractivity contribution is 0.0561. The molecule has 0 radical (unpaired) electrons. The zero-order valence-electron chi connectivity index (χ0n) is 18.6. The number of β-amino-alcohol motifs (C(OH)–C–C–N with tert-alkyl or cyclic N) is 1.